The summed E-state index contributed by atoms with van der Waals surface area (Å²) in [6.45, 7) is 0.667. The number of hydrogen-bond donors (Lipinski definition) is 0. The third kappa shape index (κ3) is 9.24. The van der Waals surface area contributed by atoms with Crippen molar-refractivity contribution in [3.63, 3.8) is 0 Å². The van der Waals surface area contributed by atoms with Crippen molar-refractivity contribution < 1.29 is 3.17 Å². The molecule has 0 aromatic carbocycles. The van der Waals surface area contributed by atoms with Gasteiger partial charge >= 0.3 is 22.1 Å². The first kappa shape index (κ1) is 10.7. The van der Waals surface area contributed by atoms with E-state index in [2.05, 4.69) is 3.17 Å². The molecule has 0 heterocycles. The van der Waals surface area contributed by atoms with E-state index in [1.165, 1.54) is 22.1 Å². The highest BCUT2D eigenvalue weighted by atomic mass is 35.5. The second-order valence-corrected chi connectivity index (χ2v) is 1.38. The third-order valence-electron chi connectivity index (χ3n) is 0.221. The smallest absolute Gasteiger partial charge is 0.452 e. The average molecular weight is 128 g/mol. The quantitative estimate of drug-likeness (QED) is 0.374. The van der Waals surface area contributed by atoms with Crippen LogP contribution in [0.15, 0.2) is 0 Å². The van der Waals surface area contributed by atoms with E-state index >= 15 is 0 Å². The Labute approximate surface area is 71.9 Å². The van der Waals surface area contributed by atoms with Gasteiger partial charge in [-0.1, -0.05) is 0 Å². The maximum atomic E-state index is 5.18. The molecule has 0 aliphatic carbocycles. The number of halogens is 1. The maximum absolute atomic E-state index is 5.18. The third-order valence-corrected chi connectivity index (χ3v) is 0.664. The second-order valence-electron chi connectivity index (χ2n) is 0.597. The first-order chi connectivity index (χ1) is 2.41. The van der Waals surface area contributed by atoms with Crippen LogP contribution in [0.4, 0.5) is 0 Å². The molecular weight excluding hydrogens is 124 g/mol. The minimum Gasteiger partial charge on any atom is -0.583 e. The van der Waals surface area contributed by atoms with E-state index in [1.807, 2.05) is 0 Å². The van der Waals surface area contributed by atoms with Crippen LogP contribution in [-0.4, -0.2) is 57.7 Å². The van der Waals surface area contributed by atoms with E-state index in [0.29, 0.717) is 12.5 Å². The molecule has 0 aliphatic rings. The molecule has 0 unspecified atom stereocenters. The number of hydrogen-bond acceptors (Lipinski definition) is 1. The molecule has 0 saturated carbocycles. The lowest BCUT2D eigenvalue weighted by Crippen LogP contribution is -1.87. The van der Waals surface area contributed by atoms with Gasteiger partial charge in [0.25, 0.3) is 0 Å². The summed E-state index contributed by atoms with van der Waals surface area (Å²) in [6, 6.07) is 0. The number of rotatable bonds is 2. The van der Waals surface area contributed by atoms with Gasteiger partial charge in [-0.05, 0) is 0 Å². The zero-order valence-corrected chi connectivity index (χ0v) is 7.20. The molecule has 0 spiro atoms. The summed E-state index contributed by atoms with van der Waals surface area (Å²) in [5.41, 5.74) is 0. The summed E-state index contributed by atoms with van der Waals surface area (Å²) >= 11 is 6.65. The van der Waals surface area contributed by atoms with E-state index < -0.39 is 0 Å². The van der Waals surface area contributed by atoms with Gasteiger partial charge in [-0.15, -0.1) is 11.6 Å². The average Bonchev–Trinajstić information content (AvgIpc) is 1.41. The van der Waals surface area contributed by atoms with Crippen molar-refractivity contribution in [2.75, 3.05) is 12.5 Å². The maximum Gasteiger partial charge on any atom is 0.452 e. The van der Waals surface area contributed by atoms with Crippen molar-refractivity contribution in [2.24, 2.45) is 0 Å². The van der Waals surface area contributed by atoms with Crippen LogP contribution >= 0.6 is 11.6 Å². The van der Waals surface area contributed by atoms with Gasteiger partial charge in [0.05, 0.1) is 0 Å². The van der Waals surface area contributed by atoms with Crippen LogP contribution in [0.5, 0.6) is 0 Å². The van der Waals surface area contributed by atoms with Crippen molar-refractivity contribution in [1.29, 1.82) is 0 Å². The zero-order chi connectivity index (χ0) is 4.12. The highest BCUT2D eigenvalue weighted by Gasteiger charge is 1.66. The summed E-state index contributed by atoms with van der Waals surface area (Å²) < 4.78 is 4.59. The van der Waals surface area contributed by atoms with E-state index in [4.69, 9.17) is 11.6 Å². The van der Waals surface area contributed by atoms with Crippen LogP contribution in [-0.2, 0) is 3.17 Å². The lowest BCUT2D eigenvalue weighted by atomic mass is 10.9. The van der Waals surface area contributed by atoms with Gasteiger partial charge in [-0.2, -0.15) is 0 Å². The first-order valence-corrected chi connectivity index (χ1v) is 2.46. The predicted molar refractivity (Wildman–Crippen MR) is 28.2 cm³/mol. The largest absolute Gasteiger partial charge is 0.583 e. The molecule has 6 heavy (non-hydrogen) atoms. The Balaban J connectivity index is 0. The van der Waals surface area contributed by atoms with E-state index in [0.717, 1.165) is 0 Å². The summed E-state index contributed by atoms with van der Waals surface area (Å²) in [5, 5.41) is 0. The Morgan fingerprint density at radius 2 is 2.17 bits per heavy atom. The lowest BCUT2D eigenvalue weighted by Gasteiger charge is -1.88. The van der Waals surface area contributed by atoms with Gasteiger partial charge in [-0.3, -0.25) is 0 Å². The Bertz CT molecular complexity index is 19.0. The zero-order valence-electron chi connectivity index (χ0n) is 3.61. The normalized spacial score (nSPS) is 6.67. The molecule has 0 aromatic rings. The fourth-order valence-electron chi connectivity index (χ4n) is 0.0546. The fourth-order valence-corrected chi connectivity index (χ4v) is 0.491. The molecule has 0 amide bonds. The standard InChI is InChI=1S/C2H4ClO.2Mg/c3-1-2-4;;/h1-2H2;;/q-1;;+1. The number of alkyl halides is 1. The van der Waals surface area contributed by atoms with Gasteiger partial charge in [0, 0.05) is 35.5 Å². The fraction of sp³-hybridized carbons (Fsp3) is 1.00. The van der Waals surface area contributed by atoms with Crippen LogP contribution in [0.1, 0.15) is 0 Å². The topological polar surface area (TPSA) is 9.23 Å². The minimum absolute atomic E-state index is 0. The van der Waals surface area contributed by atoms with Crippen molar-refractivity contribution >= 4 is 56.8 Å². The molecule has 29 valence electrons. The molecule has 0 bridgehead atoms. The van der Waals surface area contributed by atoms with E-state index in [-0.39, 0.29) is 23.1 Å². The molecule has 0 aliphatic heterocycles. The van der Waals surface area contributed by atoms with Gasteiger partial charge in [0.1, 0.15) is 0 Å². The summed E-state index contributed by atoms with van der Waals surface area (Å²) in [5.74, 6) is 0.601. The van der Waals surface area contributed by atoms with Crippen LogP contribution in [0.2, 0.25) is 0 Å². The Hall–Kier alpha value is 1.78. The summed E-state index contributed by atoms with van der Waals surface area (Å²) in [6.07, 6.45) is 0. The van der Waals surface area contributed by atoms with E-state index in [1.54, 1.807) is 0 Å². The SMILES string of the molecule is [Mg].[Mg][O]CCCl. The molecule has 4 heteroatoms. The van der Waals surface area contributed by atoms with Crippen LogP contribution in [0, 0.1) is 0 Å². The Kier molecular flexibility index (Phi) is 17.7. The van der Waals surface area contributed by atoms with Crippen molar-refractivity contribution in [3.05, 3.63) is 0 Å². The van der Waals surface area contributed by atoms with Crippen LogP contribution < -0.4 is 0 Å². The predicted octanol–water partition coefficient (Wildman–Crippen LogP) is -0.0555. The molecule has 0 saturated heterocycles. The summed E-state index contributed by atoms with van der Waals surface area (Å²) in [4.78, 5) is 0. The molecule has 0 atom stereocenters. The Morgan fingerprint density at radius 3 is 2.17 bits per heavy atom. The molecule has 0 aromatic heterocycles. The van der Waals surface area contributed by atoms with Crippen LogP contribution in [0.25, 0.3) is 0 Å². The van der Waals surface area contributed by atoms with E-state index in [9.17, 15) is 0 Å². The monoisotopic (exact) mass is 127 g/mol. The first-order valence-electron chi connectivity index (χ1n) is 1.34. The lowest BCUT2D eigenvalue weighted by molar-refractivity contribution is 0.378. The van der Waals surface area contributed by atoms with Gasteiger partial charge in [0.2, 0.25) is 0 Å². The molecular formula is C2H4ClMg2O. The molecule has 3 radical (unpaired) electrons. The Morgan fingerprint density at radius 1 is 1.67 bits per heavy atom. The molecule has 0 rings (SSSR count). The van der Waals surface area contributed by atoms with Crippen molar-refractivity contribution in [1.82, 2.24) is 0 Å². The van der Waals surface area contributed by atoms with Gasteiger partial charge in [-0.25, -0.2) is 0 Å². The molecule has 1 nitrogen and oxygen atoms in total. The highest BCUT2D eigenvalue weighted by Crippen LogP contribution is 1.69. The van der Waals surface area contributed by atoms with Crippen molar-refractivity contribution in [2.45, 2.75) is 0 Å². The molecule has 0 fully saturated rings. The van der Waals surface area contributed by atoms with Crippen molar-refractivity contribution in [3.8, 4) is 0 Å². The minimum atomic E-state index is 0. The van der Waals surface area contributed by atoms with Gasteiger partial charge < -0.3 is 3.17 Å². The summed E-state index contributed by atoms with van der Waals surface area (Å²) in [7, 11) is 0. The molecule has 0 N–H and O–H groups in total. The van der Waals surface area contributed by atoms with Crippen LogP contribution in [0.3, 0.4) is 0 Å². The highest BCUT2D eigenvalue weighted by molar-refractivity contribution is 6.18. The second kappa shape index (κ2) is 9.92. The van der Waals surface area contributed by atoms with Gasteiger partial charge in [0.15, 0.2) is 0 Å².